The van der Waals surface area contributed by atoms with Crippen molar-refractivity contribution in [1.82, 2.24) is 0 Å². The number of hydrogen-bond acceptors (Lipinski definition) is 2. The molecule has 1 rings (SSSR count). The zero-order valence-corrected chi connectivity index (χ0v) is 11.7. The van der Waals surface area contributed by atoms with Crippen LogP contribution in [-0.2, 0) is 0 Å². The molecular formula is C12H16Cl2OS. The molecule has 0 amide bonds. The first-order chi connectivity index (χ1) is 7.65. The largest absolute Gasteiger partial charge is 0.294 e. The molecule has 0 fully saturated rings. The summed E-state index contributed by atoms with van der Waals surface area (Å²) in [4.78, 5) is 11.8. The maximum Gasteiger partial charge on any atom is 0.165 e. The monoisotopic (exact) mass is 278 g/mol. The van der Waals surface area contributed by atoms with Crippen molar-refractivity contribution in [2.45, 2.75) is 45.4 Å². The number of carbonyl (C=O) groups excluding carboxylic acids is 1. The van der Waals surface area contributed by atoms with E-state index >= 15 is 0 Å². The molecule has 0 N–H and O–H groups in total. The summed E-state index contributed by atoms with van der Waals surface area (Å²) in [6, 6.07) is 1.67. The number of ketones is 1. The minimum absolute atomic E-state index is 0.115. The highest BCUT2D eigenvalue weighted by Crippen LogP contribution is 2.32. The van der Waals surface area contributed by atoms with Gasteiger partial charge in [0.1, 0.15) is 4.34 Å². The van der Waals surface area contributed by atoms with Gasteiger partial charge in [-0.15, -0.1) is 11.3 Å². The molecule has 0 saturated carbocycles. The van der Waals surface area contributed by atoms with E-state index in [1.807, 2.05) is 0 Å². The zero-order chi connectivity index (χ0) is 12.0. The van der Waals surface area contributed by atoms with Gasteiger partial charge in [-0.25, -0.2) is 0 Å². The van der Waals surface area contributed by atoms with Crippen LogP contribution in [0, 0.1) is 0 Å². The Balaban J connectivity index is 2.33. The average Bonchev–Trinajstić information content (AvgIpc) is 2.57. The second kappa shape index (κ2) is 7.31. The summed E-state index contributed by atoms with van der Waals surface area (Å²) in [6.45, 7) is 2.18. The van der Waals surface area contributed by atoms with Crippen molar-refractivity contribution in [3.8, 4) is 0 Å². The van der Waals surface area contributed by atoms with Gasteiger partial charge in [0.15, 0.2) is 5.78 Å². The molecule has 0 aliphatic heterocycles. The lowest BCUT2D eigenvalue weighted by Gasteiger charge is -1.99. The number of carbonyl (C=O) groups is 1. The Bertz CT molecular complexity index is 347. The van der Waals surface area contributed by atoms with Gasteiger partial charge in [0.2, 0.25) is 0 Å². The molecule has 0 saturated heterocycles. The van der Waals surface area contributed by atoms with Gasteiger partial charge in [0.25, 0.3) is 0 Å². The Hall–Kier alpha value is -0.0500. The number of rotatable bonds is 7. The minimum Gasteiger partial charge on any atom is -0.294 e. The number of halogens is 2. The lowest BCUT2D eigenvalue weighted by Crippen LogP contribution is -1.97. The van der Waals surface area contributed by atoms with Crippen molar-refractivity contribution in [3.05, 3.63) is 20.3 Å². The van der Waals surface area contributed by atoms with Crippen LogP contribution in [0.5, 0.6) is 0 Å². The first-order valence-electron chi connectivity index (χ1n) is 5.63. The predicted octanol–water partition coefficient (Wildman–Crippen LogP) is 5.60. The molecule has 1 aromatic rings. The number of hydrogen-bond donors (Lipinski definition) is 0. The van der Waals surface area contributed by atoms with Crippen LogP contribution in [0.2, 0.25) is 8.67 Å². The summed E-state index contributed by atoms with van der Waals surface area (Å²) in [5.74, 6) is 0.115. The maximum absolute atomic E-state index is 11.8. The molecule has 90 valence electrons. The van der Waals surface area contributed by atoms with E-state index in [0.717, 1.165) is 12.8 Å². The highest BCUT2D eigenvalue weighted by atomic mass is 35.5. The van der Waals surface area contributed by atoms with Gasteiger partial charge >= 0.3 is 0 Å². The van der Waals surface area contributed by atoms with Crippen molar-refractivity contribution >= 4 is 40.3 Å². The van der Waals surface area contributed by atoms with E-state index in [1.54, 1.807) is 6.07 Å². The van der Waals surface area contributed by atoms with Crippen molar-refractivity contribution in [1.29, 1.82) is 0 Å². The highest BCUT2D eigenvalue weighted by molar-refractivity contribution is 7.20. The second-order valence-corrected chi connectivity index (χ2v) is 6.11. The summed E-state index contributed by atoms with van der Waals surface area (Å²) in [5, 5.41) is 0. The van der Waals surface area contributed by atoms with Gasteiger partial charge in [-0.05, 0) is 12.5 Å². The number of thiophene rings is 1. The Morgan fingerprint density at radius 2 is 1.94 bits per heavy atom. The van der Waals surface area contributed by atoms with Gasteiger partial charge in [-0.3, -0.25) is 4.79 Å². The molecule has 0 radical (unpaired) electrons. The summed E-state index contributed by atoms with van der Waals surface area (Å²) in [5.41, 5.74) is 0.590. The van der Waals surface area contributed by atoms with Crippen molar-refractivity contribution in [2.24, 2.45) is 0 Å². The predicted molar refractivity (Wildman–Crippen MR) is 72.0 cm³/mol. The number of unbranched alkanes of at least 4 members (excludes halogenated alkanes) is 4. The van der Waals surface area contributed by atoms with Crippen LogP contribution in [0.15, 0.2) is 6.07 Å². The fourth-order valence-electron chi connectivity index (χ4n) is 1.55. The van der Waals surface area contributed by atoms with Crippen LogP contribution >= 0.6 is 34.5 Å². The van der Waals surface area contributed by atoms with E-state index in [4.69, 9.17) is 23.2 Å². The molecule has 0 aromatic carbocycles. The Kier molecular flexibility index (Phi) is 6.40. The van der Waals surface area contributed by atoms with Crippen LogP contribution < -0.4 is 0 Å². The Morgan fingerprint density at radius 3 is 2.50 bits per heavy atom. The minimum atomic E-state index is 0.115. The lowest BCUT2D eigenvalue weighted by atomic mass is 10.1. The van der Waals surface area contributed by atoms with Crippen LogP contribution in [-0.4, -0.2) is 5.78 Å². The third kappa shape index (κ3) is 4.44. The van der Waals surface area contributed by atoms with Gasteiger partial charge in [0, 0.05) is 12.0 Å². The molecule has 0 atom stereocenters. The van der Waals surface area contributed by atoms with Crippen molar-refractivity contribution in [3.63, 3.8) is 0 Å². The van der Waals surface area contributed by atoms with E-state index in [0.29, 0.717) is 20.7 Å². The smallest absolute Gasteiger partial charge is 0.165 e. The molecule has 0 aliphatic rings. The van der Waals surface area contributed by atoms with Crippen LogP contribution in [0.1, 0.15) is 55.8 Å². The van der Waals surface area contributed by atoms with Crippen molar-refractivity contribution in [2.75, 3.05) is 0 Å². The van der Waals surface area contributed by atoms with Crippen LogP contribution in [0.4, 0.5) is 0 Å². The Labute approximate surface area is 111 Å². The molecule has 0 aliphatic carbocycles. The summed E-state index contributed by atoms with van der Waals surface area (Å²) in [6.07, 6.45) is 6.33. The van der Waals surface area contributed by atoms with E-state index in [1.165, 1.54) is 30.6 Å². The molecule has 4 heteroatoms. The molecule has 1 nitrogen and oxygen atoms in total. The summed E-state index contributed by atoms with van der Waals surface area (Å²) < 4.78 is 1.10. The topological polar surface area (TPSA) is 17.1 Å². The fourth-order valence-corrected chi connectivity index (χ4v) is 3.05. The maximum atomic E-state index is 11.8. The molecule has 1 heterocycles. The molecule has 16 heavy (non-hydrogen) atoms. The first-order valence-corrected chi connectivity index (χ1v) is 7.20. The van der Waals surface area contributed by atoms with Crippen LogP contribution in [0.3, 0.4) is 0 Å². The second-order valence-electron chi connectivity index (χ2n) is 3.83. The quantitative estimate of drug-likeness (QED) is 0.469. The van der Waals surface area contributed by atoms with Gasteiger partial charge in [0.05, 0.1) is 4.34 Å². The molecule has 0 bridgehead atoms. The zero-order valence-electron chi connectivity index (χ0n) is 9.39. The van der Waals surface area contributed by atoms with Crippen molar-refractivity contribution < 1.29 is 4.79 Å². The van der Waals surface area contributed by atoms with E-state index in [2.05, 4.69) is 6.92 Å². The summed E-state index contributed by atoms with van der Waals surface area (Å²) >= 11 is 13.0. The lowest BCUT2D eigenvalue weighted by molar-refractivity contribution is 0.0979. The Morgan fingerprint density at radius 1 is 1.25 bits per heavy atom. The highest BCUT2D eigenvalue weighted by Gasteiger charge is 2.13. The first kappa shape index (κ1) is 14.0. The summed E-state index contributed by atoms with van der Waals surface area (Å²) in [7, 11) is 0. The average molecular weight is 279 g/mol. The number of Topliss-reactive ketones (excluding diaryl/α,β-unsaturated/α-hetero) is 1. The van der Waals surface area contributed by atoms with E-state index < -0.39 is 0 Å². The van der Waals surface area contributed by atoms with E-state index in [9.17, 15) is 4.79 Å². The third-order valence-corrected chi connectivity index (χ3v) is 3.95. The SMILES string of the molecule is CCCCCCCC(=O)c1cc(Cl)sc1Cl. The van der Waals surface area contributed by atoms with Gasteiger partial charge < -0.3 is 0 Å². The molecule has 0 spiro atoms. The molecular weight excluding hydrogens is 263 g/mol. The normalized spacial score (nSPS) is 10.7. The molecule has 1 aromatic heterocycles. The van der Waals surface area contributed by atoms with Gasteiger partial charge in [-0.2, -0.15) is 0 Å². The van der Waals surface area contributed by atoms with E-state index in [-0.39, 0.29) is 5.78 Å². The van der Waals surface area contributed by atoms with Gasteiger partial charge in [-0.1, -0.05) is 55.8 Å². The van der Waals surface area contributed by atoms with Crippen LogP contribution in [0.25, 0.3) is 0 Å². The fraction of sp³-hybridized carbons (Fsp3) is 0.583. The molecule has 0 unspecified atom stereocenters. The standard InChI is InChI=1S/C12H16Cl2OS/c1-2-3-4-5-6-7-10(15)9-8-11(13)16-12(9)14/h8H,2-7H2,1H3. The third-order valence-electron chi connectivity index (χ3n) is 2.46.